The van der Waals surface area contributed by atoms with Gasteiger partial charge >= 0.3 is 0 Å². The molecule has 0 fully saturated rings. The van der Waals surface area contributed by atoms with Gasteiger partial charge in [0.05, 0.1) is 10.7 Å². The number of benzene rings is 2. The number of nitrogens with one attached hydrogen (secondary N) is 1. The summed E-state index contributed by atoms with van der Waals surface area (Å²) < 4.78 is 15.3. The van der Waals surface area contributed by atoms with Crippen LogP contribution in [0.4, 0.5) is 15.9 Å². The van der Waals surface area contributed by atoms with Crippen molar-refractivity contribution in [3.63, 3.8) is 0 Å². The average molecular weight is 428 g/mol. The van der Waals surface area contributed by atoms with Crippen LogP contribution in [0.3, 0.4) is 0 Å². The maximum Gasteiger partial charge on any atom is 0.254 e. The van der Waals surface area contributed by atoms with Gasteiger partial charge in [0.2, 0.25) is 0 Å². The third-order valence-corrected chi connectivity index (χ3v) is 5.55. The number of aryl methyl sites for hydroxylation is 1. The molecule has 1 aliphatic carbocycles. The van der Waals surface area contributed by atoms with E-state index in [-0.39, 0.29) is 5.02 Å². The van der Waals surface area contributed by atoms with Gasteiger partial charge in [-0.3, -0.25) is 0 Å². The van der Waals surface area contributed by atoms with Gasteiger partial charge in [-0.1, -0.05) is 35.3 Å². The predicted octanol–water partition coefficient (Wildman–Crippen LogP) is 5.39. The molecule has 0 spiro atoms. The van der Waals surface area contributed by atoms with Gasteiger partial charge in [0, 0.05) is 22.7 Å². The monoisotopic (exact) mass is 427 g/mol. The lowest BCUT2D eigenvalue weighted by Gasteiger charge is -2.12. The molecule has 0 bridgehead atoms. The largest absolute Gasteiger partial charge is 0.340 e. The molecule has 0 aliphatic heterocycles. The number of rotatable bonds is 4. The molecule has 5 nitrogen and oxygen atoms in total. The van der Waals surface area contributed by atoms with E-state index in [9.17, 15) is 4.39 Å². The molecule has 0 atom stereocenters. The Balaban J connectivity index is 1.56. The Morgan fingerprint density at radius 1 is 1.03 bits per heavy atom. The van der Waals surface area contributed by atoms with E-state index in [1.54, 1.807) is 16.6 Å². The fraction of sp³-hybridized carbons (Fsp3) is 0.190. The minimum atomic E-state index is -0.451. The quantitative estimate of drug-likeness (QED) is 0.474. The summed E-state index contributed by atoms with van der Waals surface area (Å²) in [5.41, 5.74) is 3.89. The summed E-state index contributed by atoms with van der Waals surface area (Å²) >= 11 is 11.9. The molecule has 2 aromatic carbocycles. The van der Waals surface area contributed by atoms with Crippen molar-refractivity contribution >= 4 is 40.5 Å². The number of fused-ring (bicyclic) bond motifs is 2. The van der Waals surface area contributed by atoms with Gasteiger partial charge in [-0.2, -0.15) is 9.50 Å². The number of anilines is 2. The second-order valence-corrected chi connectivity index (χ2v) is 7.88. The maximum absolute atomic E-state index is 13.5. The molecule has 2 heterocycles. The van der Waals surface area contributed by atoms with Crippen molar-refractivity contribution in [3.8, 4) is 0 Å². The van der Waals surface area contributed by atoms with Gasteiger partial charge in [-0.25, -0.2) is 9.37 Å². The van der Waals surface area contributed by atoms with Crippen molar-refractivity contribution in [3.05, 3.63) is 81.0 Å². The Morgan fingerprint density at radius 2 is 1.86 bits per heavy atom. The highest BCUT2D eigenvalue weighted by atomic mass is 35.5. The van der Waals surface area contributed by atoms with Crippen LogP contribution in [0.2, 0.25) is 10.0 Å². The number of hydrogen-bond donors (Lipinski definition) is 1. The summed E-state index contributed by atoms with van der Waals surface area (Å²) in [5.74, 6) is 1.57. The highest BCUT2D eigenvalue weighted by Gasteiger charge is 2.22. The van der Waals surface area contributed by atoms with Crippen molar-refractivity contribution in [1.82, 2.24) is 19.6 Å². The lowest BCUT2D eigenvalue weighted by molar-refractivity contribution is 0.628. The summed E-state index contributed by atoms with van der Waals surface area (Å²) in [4.78, 5) is 9.33. The van der Waals surface area contributed by atoms with Crippen molar-refractivity contribution in [2.75, 3.05) is 5.32 Å². The van der Waals surface area contributed by atoms with Crippen molar-refractivity contribution in [2.45, 2.75) is 25.7 Å². The standard InChI is InChI=1S/C21H16Cl2FN5/c22-13-6-4-12(5-7-13)10-19-27-21-26-18-3-1-2-15(18)20(29(21)28-19)25-14-8-9-17(24)16(23)11-14/h4-9,11,25H,1-3,10H2. The Morgan fingerprint density at radius 3 is 2.66 bits per heavy atom. The predicted molar refractivity (Wildman–Crippen MR) is 112 cm³/mol. The topological polar surface area (TPSA) is 55.1 Å². The fourth-order valence-corrected chi connectivity index (χ4v) is 3.93. The Hall–Kier alpha value is -2.70. The second kappa shape index (κ2) is 7.28. The SMILES string of the molecule is Fc1ccc(Nc2c3c(nc4nc(Cc5ccc(Cl)cc5)nn24)CCC3)cc1Cl. The van der Waals surface area contributed by atoms with Crippen LogP contribution >= 0.6 is 23.2 Å². The summed E-state index contributed by atoms with van der Waals surface area (Å²) in [5, 5.41) is 8.80. The van der Waals surface area contributed by atoms with Gasteiger partial charge in [-0.05, 0) is 55.2 Å². The van der Waals surface area contributed by atoms with Gasteiger partial charge < -0.3 is 5.32 Å². The maximum atomic E-state index is 13.5. The van der Waals surface area contributed by atoms with E-state index in [0.29, 0.717) is 28.7 Å². The minimum Gasteiger partial charge on any atom is -0.340 e. The molecule has 0 unspecified atom stereocenters. The second-order valence-electron chi connectivity index (χ2n) is 7.04. The molecule has 1 aliphatic rings. The molecule has 4 aromatic rings. The van der Waals surface area contributed by atoms with E-state index in [1.807, 2.05) is 24.3 Å². The summed E-state index contributed by atoms with van der Waals surface area (Å²) in [6.07, 6.45) is 3.42. The molecule has 0 saturated carbocycles. The molecule has 0 radical (unpaired) electrons. The van der Waals surface area contributed by atoms with Crippen molar-refractivity contribution in [1.29, 1.82) is 0 Å². The molecule has 29 heavy (non-hydrogen) atoms. The van der Waals surface area contributed by atoms with Crippen LogP contribution in [0.25, 0.3) is 5.78 Å². The van der Waals surface area contributed by atoms with E-state index in [1.165, 1.54) is 6.07 Å². The summed E-state index contributed by atoms with van der Waals surface area (Å²) in [7, 11) is 0. The molecule has 8 heteroatoms. The first-order chi connectivity index (χ1) is 14.1. The van der Waals surface area contributed by atoms with Crippen LogP contribution in [-0.4, -0.2) is 19.6 Å². The average Bonchev–Trinajstić information content (AvgIpc) is 3.33. The van der Waals surface area contributed by atoms with E-state index in [4.69, 9.17) is 28.2 Å². The smallest absolute Gasteiger partial charge is 0.254 e. The highest BCUT2D eigenvalue weighted by molar-refractivity contribution is 6.31. The van der Waals surface area contributed by atoms with E-state index in [2.05, 4.69) is 15.4 Å². The fourth-order valence-electron chi connectivity index (χ4n) is 3.62. The molecule has 0 amide bonds. The first kappa shape index (κ1) is 18.3. The highest BCUT2D eigenvalue weighted by Crippen LogP contribution is 2.31. The van der Waals surface area contributed by atoms with Gasteiger partial charge in [0.1, 0.15) is 11.6 Å². The van der Waals surface area contributed by atoms with E-state index >= 15 is 0 Å². The number of hydrogen-bond acceptors (Lipinski definition) is 4. The van der Waals surface area contributed by atoms with Crippen LogP contribution in [0.15, 0.2) is 42.5 Å². The van der Waals surface area contributed by atoms with Crippen LogP contribution in [0.1, 0.15) is 29.1 Å². The zero-order valence-corrected chi connectivity index (χ0v) is 16.8. The van der Waals surface area contributed by atoms with Crippen LogP contribution in [0, 0.1) is 5.82 Å². The molecule has 5 rings (SSSR count). The molecule has 0 saturated heterocycles. The number of nitrogens with zero attached hydrogens (tertiary/aromatic N) is 4. The third-order valence-electron chi connectivity index (χ3n) is 5.01. The van der Waals surface area contributed by atoms with Crippen LogP contribution in [0.5, 0.6) is 0 Å². The Bertz CT molecular complexity index is 1220. The van der Waals surface area contributed by atoms with Gasteiger partial charge in [-0.15, -0.1) is 5.10 Å². The lowest BCUT2D eigenvalue weighted by Crippen LogP contribution is -2.07. The zero-order valence-electron chi connectivity index (χ0n) is 15.3. The molecular formula is C21H16Cl2FN5. The lowest BCUT2D eigenvalue weighted by atomic mass is 10.1. The normalized spacial score (nSPS) is 13.1. The van der Waals surface area contributed by atoms with Crippen LogP contribution in [-0.2, 0) is 19.3 Å². The first-order valence-electron chi connectivity index (χ1n) is 9.31. The van der Waals surface area contributed by atoms with Gasteiger partial charge in [0.15, 0.2) is 5.82 Å². The van der Waals surface area contributed by atoms with E-state index in [0.717, 1.165) is 41.9 Å². The van der Waals surface area contributed by atoms with Crippen LogP contribution < -0.4 is 5.32 Å². The van der Waals surface area contributed by atoms with Crippen molar-refractivity contribution < 1.29 is 4.39 Å². The van der Waals surface area contributed by atoms with E-state index < -0.39 is 5.82 Å². The molecule has 2 aromatic heterocycles. The number of aromatic nitrogens is 4. The zero-order chi connectivity index (χ0) is 20.0. The number of halogens is 3. The minimum absolute atomic E-state index is 0.0685. The molecular weight excluding hydrogens is 412 g/mol. The Labute approximate surface area is 176 Å². The summed E-state index contributed by atoms with van der Waals surface area (Å²) in [6, 6.07) is 12.2. The first-order valence-corrected chi connectivity index (χ1v) is 10.1. The summed E-state index contributed by atoms with van der Waals surface area (Å²) in [6.45, 7) is 0. The third kappa shape index (κ3) is 3.54. The van der Waals surface area contributed by atoms with Gasteiger partial charge in [0.25, 0.3) is 5.78 Å². The molecule has 146 valence electrons. The Kier molecular flexibility index (Phi) is 4.60. The van der Waals surface area contributed by atoms with Crippen molar-refractivity contribution in [2.24, 2.45) is 0 Å². The molecule has 1 N–H and O–H groups in total.